The summed E-state index contributed by atoms with van der Waals surface area (Å²) >= 11 is 5.33. The predicted octanol–water partition coefficient (Wildman–Crippen LogP) is 2.86. The molecule has 0 bridgehead atoms. The lowest BCUT2D eigenvalue weighted by Gasteiger charge is -2.01. The zero-order valence-electron chi connectivity index (χ0n) is 7.30. The second kappa shape index (κ2) is 3.51. The molecule has 0 saturated heterocycles. The first-order valence-corrected chi connectivity index (χ1v) is 4.32. The van der Waals surface area contributed by atoms with Crippen LogP contribution in [-0.4, -0.2) is 5.16 Å². The van der Waals surface area contributed by atoms with Crippen LogP contribution in [0.25, 0.3) is 11.1 Å². The molecule has 0 fully saturated rings. The van der Waals surface area contributed by atoms with E-state index in [0.717, 1.165) is 12.1 Å². The van der Waals surface area contributed by atoms with Crippen LogP contribution >= 0.6 is 11.6 Å². The van der Waals surface area contributed by atoms with Gasteiger partial charge >= 0.3 is 0 Å². The summed E-state index contributed by atoms with van der Waals surface area (Å²) in [5.41, 5.74) is 5.96. The molecular formula is C9H5ClF2N2O. The highest BCUT2D eigenvalue weighted by molar-refractivity contribution is 6.31. The molecule has 0 amide bonds. The average molecular weight is 231 g/mol. The molecule has 0 aliphatic carbocycles. The summed E-state index contributed by atoms with van der Waals surface area (Å²) in [5, 5.41) is 2.85. The number of anilines is 1. The van der Waals surface area contributed by atoms with Crippen LogP contribution in [0.5, 0.6) is 0 Å². The number of benzene rings is 1. The smallest absolute Gasteiger partial charge is 0.229 e. The lowest BCUT2D eigenvalue weighted by molar-refractivity contribution is 0.436. The van der Waals surface area contributed by atoms with Gasteiger partial charge in [-0.15, -0.1) is 0 Å². The Labute approximate surface area is 88.4 Å². The molecule has 0 saturated carbocycles. The van der Waals surface area contributed by atoms with Crippen molar-refractivity contribution in [3.05, 3.63) is 35.0 Å². The van der Waals surface area contributed by atoms with Gasteiger partial charge in [0.25, 0.3) is 0 Å². The van der Waals surface area contributed by atoms with Crippen molar-refractivity contribution in [3.8, 4) is 11.1 Å². The molecular weight excluding hydrogens is 226 g/mol. The van der Waals surface area contributed by atoms with Crippen LogP contribution in [0, 0.1) is 11.6 Å². The maximum Gasteiger partial charge on any atom is 0.229 e. The standard InChI is InChI=1S/C9H5ClF2N2O/c10-8-6(11)1-4(2-7(8)12)5-3-14-15-9(5)13/h1-3H,13H2. The van der Waals surface area contributed by atoms with Crippen LogP contribution in [0.2, 0.25) is 5.02 Å². The quantitative estimate of drug-likeness (QED) is 0.767. The van der Waals surface area contributed by atoms with Gasteiger partial charge in [-0.05, 0) is 17.7 Å². The molecule has 1 aromatic carbocycles. The van der Waals surface area contributed by atoms with Gasteiger partial charge in [0, 0.05) is 0 Å². The number of halogens is 3. The summed E-state index contributed by atoms with van der Waals surface area (Å²) in [6, 6.07) is 2.13. The zero-order valence-corrected chi connectivity index (χ0v) is 8.05. The van der Waals surface area contributed by atoms with Gasteiger partial charge in [0.05, 0.1) is 11.8 Å². The van der Waals surface area contributed by atoms with E-state index >= 15 is 0 Å². The van der Waals surface area contributed by atoms with E-state index in [0.29, 0.717) is 5.56 Å². The average Bonchev–Trinajstić information content (AvgIpc) is 2.60. The molecule has 15 heavy (non-hydrogen) atoms. The van der Waals surface area contributed by atoms with E-state index in [1.807, 2.05) is 0 Å². The van der Waals surface area contributed by atoms with Crippen molar-refractivity contribution in [1.29, 1.82) is 0 Å². The third kappa shape index (κ3) is 1.66. The van der Waals surface area contributed by atoms with Crippen LogP contribution in [0.1, 0.15) is 0 Å². The minimum Gasteiger partial charge on any atom is -0.367 e. The molecule has 78 valence electrons. The lowest BCUT2D eigenvalue weighted by atomic mass is 10.1. The predicted molar refractivity (Wildman–Crippen MR) is 51.3 cm³/mol. The molecule has 6 heteroatoms. The van der Waals surface area contributed by atoms with Gasteiger partial charge in [0.1, 0.15) is 16.7 Å². The number of nitrogens with two attached hydrogens (primary N) is 1. The topological polar surface area (TPSA) is 52.0 Å². The van der Waals surface area contributed by atoms with Crippen molar-refractivity contribution in [2.45, 2.75) is 0 Å². The van der Waals surface area contributed by atoms with E-state index in [1.165, 1.54) is 6.20 Å². The Hall–Kier alpha value is -1.62. The Balaban J connectivity index is 2.60. The van der Waals surface area contributed by atoms with Crippen molar-refractivity contribution in [2.75, 3.05) is 5.73 Å². The first kappa shape index (κ1) is 9.92. The number of nitrogens with zero attached hydrogens (tertiary/aromatic N) is 1. The van der Waals surface area contributed by atoms with Crippen LogP contribution in [0.3, 0.4) is 0 Å². The summed E-state index contributed by atoms with van der Waals surface area (Å²) in [6.07, 6.45) is 1.28. The van der Waals surface area contributed by atoms with E-state index in [-0.39, 0.29) is 11.4 Å². The molecule has 0 spiro atoms. The zero-order chi connectivity index (χ0) is 11.0. The van der Waals surface area contributed by atoms with Gasteiger partial charge in [0.15, 0.2) is 0 Å². The Morgan fingerprint density at radius 3 is 2.33 bits per heavy atom. The molecule has 2 rings (SSSR count). The van der Waals surface area contributed by atoms with E-state index in [2.05, 4.69) is 9.68 Å². The molecule has 0 radical (unpaired) electrons. The summed E-state index contributed by atoms with van der Waals surface area (Å²) in [5.74, 6) is -1.71. The van der Waals surface area contributed by atoms with Gasteiger partial charge in [-0.25, -0.2) is 8.78 Å². The van der Waals surface area contributed by atoms with E-state index in [1.54, 1.807) is 0 Å². The summed E-state index contributed by atoms with van der Waals surface area (Å²) in [6.45, 7) is 0. The Morgan fingerprint density at radius 1 is 1.27 bits per heavy atom. The Kier molecular flexibility index (Phi) is 2.32. The molecule has 2 aromatic rings. The second-order valence-corrected chi connectivity index (χ2v) is 3.24. The molecule has 0 unspecified atom stereocenters. The van der Waals surface area contributed by atoms with Crippen molar-refractivity contribution in [1.82, 2.24) is 5.16 Å². The molecule has 1 aromatic heterocycles. The number of nitrogen functional groups attached to an aromatic ring is 1. The summed E-state index contributed by atoms with van der Waals surface area (Å²) in [7, 11) is 0. The number of hydrogen-bond acceptors (Lipinski definition) is 3. The fourth-order valence-corrected chi connectivity index (χ4v) is 1.29. The number of aromatic nitrogens is 1. The van der Waals surface area contributed by atoms with Crippen LogP contribution in [0.15, 0.2) is 22.9 Å². The maximum absolute atomic E-state index is 13.1. The minimum atomic E-state index is -0.854. The summed E-state index contributed by atoms with van der Waals surface area (Å²) < 4.78 is 30.8. The highest BCUT2D eigenvalue weighted by atomic mass is 35.5. The van der Waals surface area contributed by atoms with Crippen molar-refractivity contribution in [3.63, 3.8) is 0 Å². The molecule has 0 atom stereocenters. The fourth-order valence-electron chi connectivity index (χ4n) is 1.18. The first-order chi connectivity index (χ1) is 7.09. The third-order valence-electron chi connectivity index (χ3n) is 1.89. The Morgan fingerprint density at radius 2 is 1.87 bits per heavy atom. The van der Waals surface area contributed by atoms with Gasteiger partial charge in [0.2, 0.25) is 5.88 Å². The largest absolute Gasteiger partial charge is 0.367 e. The van der Waals surface area contributed by atoms with Crippen molar-refractivity contribution in [2.24, 2.45) is 0 Å². The molecule has 2 N–H and O–H groups in total. The van der Waals surface area contributed by atoms with Crippen molar-refractivity contribution >= 4 is 17.5 Å². The van der Waals surface area contributed by atoms with Gasteiger partial charge in [-0.3, -0.25) is 0 Å². The lowest BCUT2D eigenvalue weighted by Crippen LogP contribution is -1.89. The van der Waals surface area contributed by atoms with Crippen LogP contribution in [0.4, 0.5) is 14.7 Å². The third-order valence-corrected chi connectivity index (χ3v) is 2.25. The molecule has 0 aliphatic heterocycles. The summed E-state index contributed by atoms with van der Waals surface area (Å²) in [4.78, 5) is 0. The highest BCUT2D eigenvalue weighted by Crippen LogP contribution is 2.30. The van der Waals surface area contributed by atoms with Gasteiger partial charge in [-0.1, -0.05) is 16.8 Å². The van der Waals surface area contributed by atoms with Crippen LogP contribution < -0.4 is 5.73 Å². The fraction of sp³-hybridized carbons (Fsp3) is 0. The van der Waals surface area contributed by atoms with Gasteiger partial charge in [-0.2, -0.15) is 0 Å². The first-order valence-electron chi connectivity index (χ1n) is 3.94. The van der Waals surface area contributed by atoms with Gasteiger partial charge < -0.3 is 10.3 Å². The molecule has 0 aliphatic rings. The Bertz CT molecular complexity index is 490. The highest BCUT2D eigenvalue weighted by Gasteiger charge is 2.13. The van der Waals surface area contributed by atoms with Crippen LogP contribution in [-0.2, 0) is 0 Å². The number of hydrogen-bond donors (Lipinski definition) is 1. The monoisotopic (exact) mass is 230 g/mol. The van der Waals surface area contributed by atoms with E-state index in [9.17, 15) is 8.78 Å². The minimum absolute atomic E-state index is 0.00359. The van der Waals surface area contributed by atoms with E-state index < -0.39 is 16.7 Å². The molecule has 1 heterocycles. The maximum atomic E-state index is 13.1. The van der Waals surface area contributed by atoms with E-state index in [4.69, 9.17) is 17.3 Å². The SMILES string of the molecule is Nc1oncc1-c1cc(F)c(Cl)c(F)c1. The normalized spacial score (nSPS) is 10.6. The second-order valence-electron chi connectivity index (χ2n) is 2.86. The van der Waals surface area contributed by atoms with Crippen molar-refractivity contribution < 1.29 is 13.3 Å². The number of rotatable bonds is 1. The molecule has 3 nitrogen and oxygen atoms in total.